The lowest BCUT2D eigenvalue weighted by Gasteiger charge is -2.25. The van der Waals surface area contributed by atoms with E-state index in [0.29, 0.717) is 15.9 Å². The quantitative estimate of drug-likeness (QED) is 0.775. The Hall–Kier alpha value is -1.05. The van der Waals surface area contributed by atoms with Crippen molar-refractivity contribution in [3.05, 3.63) is 29.3 Å². The molecule has 2 aliphatic heterocycles. The summed E-state index contributed by atoms with van der Waals surface area (Å²) in [6.07, 6.45) is 1.48. The second-order valence-corrected chi connectivity index (χ2v) is 10.1. The van der Waals surface area contributed by atoms with Gasteiger partial charge in [0.1, 0.15) is 0 Å². The Bertz CT molecular complexity index is 806. The van der Waals surface area contributed by atoms with Crippen molar-refractivity contribution in [2.24, 2.45) is 10.9 Å². The van der Waals surface area contributed by atoms with Crippen LogP contribution in [0.5, 0.6) is 0 Å². The van der Waals surface area contributed by atoms with E-state index in [1.54, 1.807) is 6.07 Å². The van der Waals surface area contributed by atoms with E-state index in [-0.39, 0.29) is 34.6 Å². The van der Waals surface area contributed by atoms with E-state index in [1.807, 2.05) is 36.9 Å². The van der Waals surface area contributed by atoms with Crippen LogP contribution in [0.3, 0.4) is 0 Å². The minimum absolute atomic E-state index is 0.0636. The smallest absolute Gasteiger partial charge is 0.251 e. The maximum absolute atomic E-state index is 12.5. The van der Waals surface area contributed by atoms with E-state index >= 15 is 0 Å². The second kappa shape index (κ2) is 7.29. The number of rotatable bonds is 4. The summed E-state index contributed by atoms with van der Waals surface area (Å²) in [6, 6.07) is 7.04. The molecule has 0 radical (unpaired) electrons. The fraction of sp³-hybridized carbons (Fsp3) is 0.529. The highest BCUT2D eigenvalue weighted by Crippen LogP contribution is 2.43. The zero-order valence-corrected chi connectivity index (χ0v) is 16.6. The summed E-state index contributed by atoms with van der Waals surface area (Å²) in [4.78, 5) is 18.7. The Morgan fingerprint density at radius 1 is 1.32 bits per heavy atom. The molecule has 5 nitrogen and oxygen atoms in total. The molecule has 0 spiro atoms. The summed E-state index contributed by atoms with van der Waals surface area (Å²) < 4.78 is 24.1. The molecule has 136 valence electrons. The average molecular weight is 401 g/mol. The van der Waals surface area contributed by atoms with Crippen molar-refractivity contribution < 1.29 is 13.2 Å². The first kappa shape index (κ1) is 18.7. The fourth-order valence-electron chi connectivity index (χ4n) is 3.32. The first-order valence-electron chi connectivity index (χ1n) is 8.39. The van der Waals surface area contributed by atoms with Gasteiger partial charge >= 0.3 is 0 Å². The summed E-state index contributed by atoms with van der Waals surface area (Å²) in [7, 11) is -3.08. The lowest BCUT2D eigenvalue weighted by molar-refractivity contribution is -0.121. The Morgan fingerprint density at radius 3 is 2.64 bits per heavy atom. The minimum atomic E-state index is -3.08. The van der Waals surface area contributed by atoms with Crippen LogP contribution < -0.4 is 4.90 Å². The molecule has 1 aromatic carbocycles. The number of carbonyl (C=O) groups is 1. The number of benzene rings is 1. The number of fused-ring (bicyclic) bond motifs is 1. The third kappa shape index (κ3) is 3.73. The highest BCUT2D eigenvalue weighted by atomic mass is 35.5. The van der Waals surface area contributed by atoms with Gasteiger partial charge in [-0.05, 0) is 25.0 Å². The number of halogens is 1. The number of amidine groups is 1. The lowest BCUT2D eigenvalue weighted by atomic mass is 10.0. The fourth-order valence-corrected chi connectivity index (χ4v) is 7.46. The molecule has 2 aliphatic rings. The van der Waals surface area contributed by atoms with Crippen LogP contribution >= 0.6 is 23.4 Å². The largest absolute Gasteiger partial charge is 0.314 e. The highest BCUT2D eigenvalue weighted by Gasteiger charge is 2.49. The summed E-state index contributed by atoms with van der Waals surface area (Å²) in [5.41, 5.74) is 0.706. The molecule has 0 N–H and O–H groups in total. The monoisotopic (exact) mass is 400 g/mol. The number of hydrogen-bond acceptors (Lipinski definition) is 4. The molecular weight excluding hydrogens is 380 g/mol. The van der Waals surface area contributed by atoms with Gasteiger partial charge in [-0.2, -0.15) is 4.99 Å². The van der Waals surface area contributed by atoms with Crippen molar-refractivity contribution >= 4 is 50.0 Å². The van der Waals surface area contributed by atoms with Gasteiger partial charge in [0.05, 0.1) is 28.3 Å². The van der Waals surface area contributed by atoms with Crippen LogP contribution in [0.4, 0.5) is 5.69 Å². The third-order valence-corrected chi connectivity index (χ3v) is 8.25. The number of thioether (sulfide) groups is 1. The average Bonchev–Trinajstić information content (AvgIpc) is 3.00. The molecule has 25 heavy (non-hydrogen) atoms. The van der Waals surface area contributed by atoms with Crippen LogP contribution in [0, 0.1) is 5.92 Å². The van der Waals surface area contributed by atoms with Crippen LogP contribution in [-0.2, 0) is 14.6 Å². The minimum Gasteiger partial charge on any atom is -0.314 e. The predicted octanol–water partition coefficient (Wildman–Crippen LogP) is 3.38. The summed E-state index contributed by atoms with van der Waals surface area (Å²) in [6.45, 7) is 3.95. The standard InChI is InChI=1S/C17H21ClN2O3S2/c1-3-11(4-2)16(21)19-17-20(13-8-6-5-7-12(13)18)14-9-25(22,23)10-15(14)24-17/h5-8,11,14-15H,3-4,9-10H2,1-2H3/t14-,15+/m1/s1. The third-order valence-electron chi connectivity index (χ3n) is 4.72. The Kier molecular flexibility index (Phi) is 5.46. The molecule has 0 bridgehead atoms. The summed E-state index contributed by atoms with van der Waals surface area (Å²) >= 11 is 7.72. The van der Waals surface area contributed by atoms with Gasteiger partial charge in [-0.25, -0.2) is 8.42 Å². The summed E-state index contributed by atoms with van der Waals surface area (Å²) in [5, 5.41) is 0.972. The first-order valence-corrected chi connectivity index (χ1v) is 11.5. The van der Waals surface area contributed by atoms with E-state index in [0.717, 1.165) is 12.8 Å². The SMILES string of the molecule is CCC(CC)C(=O)N=C1S[C@H]2CS(=O)(=O)C[C@H]2N1c1ccccc1Cl. The van der Waals surface area contributed by atoms with E-state index in [1.165, 1.54) is 11.8 Å². The maximum Gasteiger partial charge on any atom is 0.251 e. The number of amides is 1. The molecule has 3 rings (SSSR count). The van der Waals surface area contributed by atoms with Gasteiger partial charge in [-0.3, -0.25) is 4.79 Å². The molecule has 2 atom stereocenters. The van der Waals surface area contributed by atoms with Crippen LogP contribution in [0.1, 0.15) is 26.7 Å². The van der Waals surface area contributed by atoms with Crippen molar-refractivity contribution in [1.82, 2.24) is 0 Å². The van der Waals surface area contributed by atoms with Gasteiger partial charge in [-0.15, -0.1) is 0 Å². The molecular formula is C17H21ClN2O3S2. The van der Waals surface area contributed by atoms with Gasteiger partial charge < -0.3 is 4.90 Å². The van der Waals surface area contributed by atoms with Crippen molar-refractivity contribution in [2.75, 3.05) is 16.4 Å². The number of anilines is 1. The Labute approximate surface area is 157 Å². The number of hydrogen-bond donors (Lipinski definition) is 0. The molecule has 2 heterocycles. The van der Waals surface area contributed by atoms with Crippen molar-refractivity contribution in [3.8, 4) is 0 Å². The van der Waals surface area contributed by atoms with Crippen LogP contribution in [0.15, 0.2) is 29.3 Å². The molecule has 1 amide bonds. The van der Waals surface area contributed by atoms with E-state index in [2.05, 4.69) is 4.99 Å². The summed E-state index contributed by atoms with van der Waals surface area (Å²) in [5.74, 6) is -0.0759. The lowest BCUT2D eigenvalue weighted by Crippen LogP contribution is -2.38. The van der Waals surface area contributed by atoms with Gasteiger partial charge in [0.15, 0.2) is 15.0 Å². The topological polar surface area (TPSA) is 66.8 Å². The number of nitrogens with zero attached hydrogens (tertiary/aromatic N) is 2. The zero-order chi connectivity index (χ0) is 18.2. The normalized spacial score (nSPS) is 26.4. The number of para-hydroxylation sites is 1. The van der Waals surface area contributed by atoms with Gasteiger partial charge in [0.2, 0.25) is 0 Å². The number of aliphatic imine (C=N–C) groups is 1. The van der Waals surface area contributed by atoms with Crippen molar-refractivity contribution in [1.29, 1.82) is 0 Å². The van der Waals surface area contributed by atoms with E-state index in [9.17, 15) is 13.2 Å². The Balaban J connectivity index is 2.01. The first-order chi connectivity index (χ1) is 11.9. The number of sulfone groups is 1. The molecule has 8 heteroatoms. The molecule has 2 saturated heterocycles. The van der Waals surface area contributed by atoms with Crippen molar-refractivity contribution in [2.45, 2.75) is 38.0 Å². The van der Waals surface area contributed by atoms with Crippen molar-refractivity contribution in [3.63, 3.8) is 0 Å². The molecule has 2 fully saturated rings. The molecule has 1 aromatic rings. The zero-order valence-electron chi connectivity index (χ0n) is 14.2. The maximum atomic E-state index is 12.5. The Morgan fingerprint density at radius 2 is 2.00 bits per heavy atom. The predicted molar refractivity (Wildman–Crippen MR) is 104 cm³/mol. The van der Waals surface area contributed by atoms with E-state index < -0.39 is 9.84 Å². The van der Waals surface area contributed by atoms with E-state index in [4.69, 9.17) is 11.6 Å². The second-order valence-electron chi connectivity index (χ2n) is 6.37. The highest BCUT2D eigenvalue weighted by molar-refractivity contribution is 8.16. The van der Waals surface area contributed by atoms with Crippen LogP contribution in [0.2, 0.25) is 5.02 Å². The number of carbonyl (C=O) groups excluding carboxylic acids is 1. The molecule has 0 saturated carbocycles. The molecule has 0 unspecified atom stereocenters. The van der Waals surface area contributed by atoms with Gasteiger partial charge in [0.25, 0.3) is 5.91 Å². The van der Waals surface area contributed by atoms with Crippen LogP contribution in [-0.4, -0.2) is 42.3 Å². The molecule has 0 aliphatic carbocycles. The van der Waals surface area contributed by atoms with Gasteiger partial charge in [0, 0.05) is 11.2 Å². The molecule has 0 aromatic heterocycles. The van der Waals surface area contributed by atoms with Crippen LogP contribution in [0.25, 0.3) is 0 Å². The van der Waals surface area contributed by atoms with Gasteiger partial charge in [-0.1, -0.05) is 49.3 Å².